The maximum atomic E-state index is 11.3. The van der Waals surface area contributed by atoms with Crippen molar-refractivity contribution in [2.75, 3.05) is 7.05 Å². The van der Waals surface area contributed by atoms with Gasteiger partial charge in [0.05, 0.1) is 0 Å². The molecule has 0 atom stereocenters. The summed E-state index contributed by atoms with van der Waals surface area (Å²) in [5.74, 6) is -0.397. The molecule has 3 nitrogen and oxygen atoms in total. The van der Waals surface area contributed by atoms with E-state index >= 15 is 0 Å². The van der Waals surface area contributed by atoms with Crippen molar-refractivity contribution in [2.45, 2.75) is 0 Å². The molecule has 1 aromatic rings. The van der Waals surface area contributed by atoms with Crippen LogP contribution < -0.4 is 5.32 Å². The summed E-state index contributed by atoms with van der Waals surface area (Å²) in [6.45, 7) is 0. The number of nitriles is 1. The Bertz CT molecular complexity index is 498. The van der Waals surface area contributed by atoms with Crippen molar-refractivity contribution < 1.29 is 4.79 Å². The summed E-state index contributed by atoms with van der Waals surface area (Å²) in [7, 11) is 1.49. The molecule has 0 bridgehead atoms. The lowest BCUT2D eigenvalue weighted by atomic mass is 10.2. The fourth-order valence-electron chi connectivity index (χ4n) is 1.17. The number of hydrogen-bond donors (Lipinski definition) is 1. The standard InChI is InChI=1S/C13H11BrN2O/c1-16-13(17)11(9-15)8-12(14)7-10-5-3-2-4-6-10/h2-8H,1H3,(H,16,17)/b11-8+,12-7-. The Balaban J connectivity index is 2.95. The quantitative estimate of drug-likeness (QED) is 0.529. The van der Waals surface area contributed by atoms with Gasteiger partial charge in [-0.2, -0.15) is 5.26 Å². The van der Waals surface area contributed by atoms with Gasteiger partial charge in [-0.15, -0.1) is 0 Å². The molecule has 17 heavy (non-hydrogen) atoms. The number of benzene rings is 1. The fraction of sp³-hybridized carbons (Fsp3) is 0.0769. The first-order valence-electron chi connectivity index (χ1n) is 4.93. The molecule has 0 unspecified atom stereocenters. The molecule has 1 aromatic carbocycles. The highest BCUT2D eigenvalue weighted by atomic mass is 79.9. The summed E-state index contributed by atoms with van der Waals surface area (Å²) < 4.78 is 0.670. The Kier molecular flexibility index (Phi) is 5.18. The molecule has 0 aliphatic heterocycles. The van der Waals surface area contributed by atoms with Crippen LogP contribution in [0, 0.1) is 11.3 Å². The van der Waals surface area contributed by atoms with Crippen molar-refractivity contribution in [3.05, 3.63) is 52.0 Å². The van der Waals surface area contributed by atoms with Crippen molar-refractivity contribution in [3.63, 3.8) is 0 Å². The van der Waals surface area contributed by atoms with E-state index < -0.39 is 5.91 Å². The van der Waals surface area contributed by atoms with Gasteiger partial charge >= 0.3 is 0 Å². The fourth-order valence-corrected chi connectivity index (χ4v) is 1.66. The number of carbonyl (C=O) groups excluding carboxylic acids is 1. The van der Waals surface area contributed by atoms with Gasteiger partial charge in [0.1, 0.15) is 11.6 Å². The van der Waals surface area contributed by atoms with Crippen molar-refractivity contribution in [1.82, 2.24) is 5.32 Å². The van der Waals surface area contributed by atoms with E-state index in [1.165, 1.54) is 13.1 Å². The molecule has 1 N–H and O–H groups in total. The number of nitrogens with one attached hydrogen (secondary N) is 1. The Hall–Kier alpha value is -1.86. The molecule has 0 saturated carbocycles. The van der Waals surface area contributed by atoms with Crippen LogP contribution in [0.15, 0.2) is 46.5 Å². The molecule has 0 fully saturated rings. The van der Waals surface area contributed by atoms with E-state index in [1.54, 1.807) is 0 Å². The third-order valence-electron chi connectivity index (χ3n) is 1.98. The van der Waals surface area contributed by atoms with Gasteiger partial charge in [0.25, 0.3) is 5.91 Å². The molecular weight excluding hydrogens is 280 g/mol. The van der Waals surface area contributed by atoms with Crippen LogP contribution in [0.25, 0.3) is 6.08 Å². The molecule has 0 aromatic heterocycles. The topological polar surface area (TPSA) is 52.9 Å². The van der Waals surface area contributed by atoms with Crippen molar-refractivity contribution in [3.8, 4) is 6.07 Å². The minimum Gasteiger partial charge on any atom is -0.354 e. The van der Waals surface area contributed by atoms with E-state index in [9.17, 15) is 4.79 Å². The van der Waals surface area contributed by atoms with Gasteiger partial charge in [-0.1, -0.05) is 46.3 Å². The number of amides is 1. The van der Waals surface area contributed by atoms with Gasteiger partial charge in [-0.25, -0.2) is 0 Å². The van der Waals surface area contributed by atoms with Crippen LogP contribution in [0.5, 0.6) is 0 Å². The zero-order chi connectivity index (χ0) is 12.7. The van der Waals surface area contributed by atoms with Crippen LogP contribution in [0.1, 0.15) is 5.56 Å². The summed E-state index contributed by atoms with van der Waals surface area (Å²) in [4.78, 5) is 11.3. The molecule has 1 amide bonds. The van der Waals surface area contributed by atoms with Gasteiger partial charge in [-0.3, -0.25) is 4.79 Å². The van der Waals surface area contributed by atoms with E-state index in [1.807, 2.05) is 42.5 Å². The van der Waals surface area contributed by atoms with Crippen LogP contribution in [0.4, 0.5) is 0 Å². The summed E-state index contributed by atoms with van der Waals surface area (Å²) >= 11 is 3.31. The first kappa shape index (κ1) is 13.2. The molecule has 0 aliphatic rings. The third kappa shape index (κ3) is 4.25. The highest BCUT2D eigenvalue weighted by molar-refractivity contribution is 9.12. The SMILES string of the molecule is CNC(=O)/C(C#N)=C/C(Br)=C/c1ccccc1. The second-order valence-corrected chi connectivity index (χ2v) is 4.10. The maximum Gasteiger partial charge on any atom is 0.261 e. The van der Waals surface area contributed by atoms with Crippen LogP contribution in [0.3, 0.4) is 0 Å². The monoisotopic (exact) mass is 290 g/mol. The average Bonchev–Trinajstić information content (AvgIpc) is 2.36. The smallest absolute Gasteiger partial charge is 0.261 e. The number of carbonyl (C=O) groups is 1. The predicted octanol–water partition coefficient (Wildman–Crippen LogP) is 2.62. The zero-order valence-electron chi connectivity index (χ0n) is 9.27. The predicted molar refractivity (Wildman–Crippen MR) is 71.1 cm³/mol. The Morgan fingerprint density at radius 2 is 2.06 bits per heavy atom. The first-order valence-corrected chi connectivity index (χ1v) is 5.73. The highest BCUT2D eigenvalue weighted by Gasteiger charge is 2.05. The van der Waals surface area contributed by atoms with E-state index in [0.29, 0.717) is 4.48 Å². The van der Waals surface area contributed by atoms with Gasteiger partial charge in [0.15, 0.2) is 0 Å². The largest absolute Gasteiger partial charge is 0.354 e. The van der Waals surface area contributed by atoms with Crippen LogP contribution in [-0.2, 0) is 4.79 Å². The van der Waals surface area contributed by atoms with Crippen LogP contribution in [-0.4, -0.2) is 13.0 Å². The lowest BCUT2D eigenvalue weighted by Gasteiger charge is -1.97. The summed E-state index contributed by atoms with van der Waals surface area (Å²) in [5, 5.41) is 11.2. The maximum absolute atomic E-state index is 11.3. The molecule has 4 heteroatoms. The molecule has 0 aliphatic carbocycles. The van der Waals surface area contributed by atoms with Gasteiger partial charge in [0, 0.05) is 11.5 Å². The van der Waals surface area contributed by atoms with E-state index in [0.717, 1.165) is 5.56 Å². The van der Waals surface area contributed by atoms with E-state index in [2.05, 4.69) is 21.2 Å². The zero-order valence-corrected chi connectivity index (χ0v) is 10.9. The second-order valence-electron chi connectivity index (χ2n) is 3.19. The average molecular weight is 291 g/mol. The number of nitrogens with zero attached hydrogens (tertiary/aromatic N) is 1. The van der Waals surface area contributed by atoms with Gasteiger partial charge in [0.2, 0.25) is 0 Å². The number of likely N-dealkylation sites (N-methyl/N-ethyl adjacent to an activating group) is 1. The van der Waals surface area contributed by atoms with Crippen molar-refractivity contribution in [2.24, 2.45) is 0 Å². The normalized spacial score (nSPS) is 11.8. The minimum atomic E-state index is -0.397. The first-order chi connectivity index (χ1) is 8.17. The molecule has 0 heterocycles. The molecule has 86 valence electrons. The lowest BCUT2D eigenvalue weighted by Crippen LogP contribution is -2.19. The molecule has 1 rings (SSSR count). The Morgan fingerprint density at radius 3 is 2.59 bits per heavy atom. The number of halogens is 1. The number of hydrogen-bond acceptors (Lipinski definition) is 2. The van der Waals surface area contributed by atoms with Gasteiger partial charge in [-0.05, 0) is 17.7 Å². The summed E-state index contributed by atoms with van der Waals surface area (Å²) in [6, 6.07) is 11.5. The molecular formula is C13H11BrN2O. The molecule has 0 spiro atoms. The van der Waals surface area contributed by atoms with E-state index in [4.69, 9.17) is 5.26 Å². The Morgan fingerprint density at radius 1 is 1.41 bits per heavy atom. The van der Waals surface area contributed by atoms with Crippen molar-refractivity contribution >= 4 is 27.9 Å². The third-order valence-corrected chi connectivity index (χ3v) is 2.44. The highest BCUT2D eigenvalue weighted by Crippen LogP contribution is 2.15. The number of allylic oxidation sites excluding steroid dienone is 2. The van der Waals surface area contributed by atoms with Gasteiger partial charge < -0.3 is 5.32 Å². The minimum absolute atomic E-state index is 0.0616. The Labute approximate surface area is 109 Å². The summed E-state index contributed by atoms with van der Waals surface area (Å²) in [6.07, 6.45) is 3.33. The molecule has 0 radical (unpaired) electrons. The number of rotatable bonds is 3. The van der Waals surface area contributed by atoms with E-state index in [-0.39, 0.29) is 5.57 Å². The lowest BCUT2D eigenvalue weighted by molar-refractivity contribution is -0.116. The second kappa shape index (κ2) is 6.66. The van der Waals surface area contributed by atoms with Crippen molar-refractivity contribution in [1.29, 1.82) is 5.26 Å². The van der Waals surface area contributed by atoms with Crippen LogP contribution >= 0.6 is 15.9 Å². The van der Waals surface area contributed by atoms with Crippen LogP contribution in [0.2, 0.25) is 0 Å². The molecule has 0 saturated heterocycles. The summed E-state index contributed by atoms with van der Waals surface area (Å²) in [5.41, 5.74) is 1.05.